The molecule has 2 aromatic heterocycles. The molecule has 5 nitrogen and oxygen atoms in total. The largest absolute Gasteiger partial charge is 0.449 e. The van der Waals surface area contributed by atoms with Crippen LogP contribution in [0.5, 0.6) is 23.0 Å². The molecule has 1 aliphatic rings. The third kappa shape index (κ3) is 5.33. The molecular weight excluding hydrogens is 675 g/mol. The summed E-state index contributed by atoms with van der Waals surface area (Å²) in [6, 6.07) is 64.9. The van der Waals surface area contributed by atoms with Gasteiger partial charge in [0.1, 0.15) is 5.52 Å². The maximum Gasteiger partial charge on any atom is 0.194 e. The molecule has 0 aliphatic carbocycles. The Hall–Kier alpha value is -7.50. The van der Waals surface area contributed by atoms with Crippen molar-refractivity contribution in [1.29, 1.82) is 0 Å². The van der Waals surface area contributed by atoms with Crippen LogP contribution in [0.25, 0.3) is 83.3 Å². The third-order valence-electron chi connectivity index (χ3n) is 10.5. The molecule has 1 aliphatic heterocycles. The van der Waals surface area contributed by atoms with E-state index in [1.54, 1.807) is 0 Å². The Bertz CT molecular complexity index is 3010. The van der Waals surface area contributed by atoms with Crippen LogP contribution >= 0.6 is 0 Å². The molecule has 258 valence electrons. The molecule has 0 fully saturated rings. The lowest BCUT2D eigenvalue weighted by Gasteiger charge is -2.23. The van der Waals surface area contributed by atoms with Gasteiger partial charge in [-0.05, 0) is 70.4 Å². The maximum absolute atomic E-state index is 6.74. The van der Waals surface area contributed by atoms with Crippen LogP contribution in [0.3, 0.4) is 0 Å². The van der Waals surface area contributed by atoms with Crippen LogP contribution in [0.1, 0.15) is 0 Å². The van der Waals surface area contributed by atoms with Crippen LogP contribution in [0, 0.1) is 0 Å². The van der Waals surface area contributed by atoms with Gasteiger partial charge in [0.15, 0.2) is 28.8 Å². The molecule has 0 amide bonds. The van der Waals surface area contributed by atoms with E-state index in [4.69, 9.17) is 19.4 Å². The minimum absolute atomic E-state index is 0.700. The third-order valence-corrected chi connectivity index (χ3v) is 10.5. The molecule has 0 saturated heterocycles. The summed E-state index contributed by atoms with van der Waals surface area (Å²) in [4.78, 5) is 9.96. The number of hydrogen-bond acceptors (Lipinski definition) is 4. The highest BCUT2D eigenvalue weighted by molar-refractivity contribution is 6.12. The lowest BCUT2D eigenvalue weighted by Crippen LogP contribution is -2.02. The molecule has 11 rings (SSSR count). The van der Waals surface area contributed by atoms with Gasteiger partial charge in [0.25, 0.3) is 0 Å². The van der Waals surface area contributed by atoms with Crippen LogP contribution in [-0.2, 0) is 0 Å². The maximum atomic E-state index is 6.74. The fourth-order valence-electron chi connectivity index (χ4n) is 7.75. The zero-order valence-corrected chi connectivity index (χ0v) is 29.6. The Labute approximate surface area is 317 Å². The Kier molecular flexibility index (Phi) is 7.10. The fourth-order valence-corrected chi connectivity index (χ4v) is 7.75. The molecule has 0 spiro atoms. The van der Waals surface area contributed by atoms with Gasteiger partial charge >= 0.3 is 0 Å². The van der Waals surface area contributed by atoms with Crippen molar-refractivity contribution in [3.63, 3.8) is 0 Å². The van der Waals surface area contributed by atoms with E-state index in [1.165, 1.54) is 0 Å². The first-order chi connectivity index (χ1) is 27.2. The predicted molar refractivity (Wildman–Crippen MR) is 222 cm³/mol. The summed E-state index contributed by atoms with van der Waals surface area (Å²) in [6.45, 7) is 0. The van der Waals surface area contributed by atoms with Crippen molar-refractivity contribution in [2.75, 3.05) is 0 Å². The molecule has 5 heteroatoms. The summed E-state index contributed by atoms with van der Waals surface area (Å²) < 4.78 is 15.5. The van der Waals surface area contributed by atoms with E-state index < -0.39 is 0 Å². The van der Waals surface area contributed by atoms with Gasteiger partial charge in [-0.25, -0.2) is 9.97 Å². The van der Waals surface area contributed by atoms with Gasteiger partial charge in [-0.15, -0.1) is 0 Å². The summed E-state index contributed by atoms with van der Waals surface area (Å²) in [5, 5.41) is 4.48. The zero-order valence-electron chi connectivity index (χ0n) is 29.6. The Morgan fingerprint density at radius 2 is 0.927 bits per heavy atom. The Balaban J connectivity index is 0.962. The van der Waals surface area contributed by atoms with Gasteiger partial charge in [-0.3, -0.25) is 0 Å². The quantitative estimate of drug-likeness (QED) is 0.179. The highest BCUT2D eigenvalue weighted by Gasteiger charge is 2.26. The topological polar surface area (TPSA) is 49.2 Å². The van der Waals surface area contributed by atoms with E-state index in [9.17, 15) is 0 Å². The fraction of sp³-hybridized carbons (Fsp3) is 0. The summed E-state index contributed by atoms with van der Waals surface area (Å²) >= 11 is 0. The zero-order chi connectivity index (χ0) is 36.3. The number of nitrogens with zero attached hydrogens (tertiary/aromatic N) is 3. The second-order valence-corrected chi connectivity index (χ2v) is 13.8. The molecule has 3 heterocycles. The number of ether oxygens (including phenoxy) is 2. The molecular formula is C50H31N3O2. The SMILES string of the molecule is c1ccc(-c2cc(-c3ccc(-c4ccc(-n5c6ccccc6c6ccc7c(c65)Oc5cc6ccccc6cc5O7)cc4)cc3)nc(-c3ccccc3)n2)cc1. The van der Waals surface area contributed by atoms with Crippen molar-refractivity contribution >= 4 is 32.6 Å². The van der Waals surface area contributed by atoms with E-state index in [0.29, 0.717) is 23.1 Å². The van der Waals surface area contributed by atoms with Crippen LogP contribution in [0.4, 0.5) is 0 Å². The van der Waals surface area contributed by atoms with Gasteiger partial charge in [0, 0.05) is 33.2 Å². The smallest absolute Gasteiger partial charge is 0.194 e. The van der Waals surface area contributed by atoms with Crippen LogP contribution in [-0.4, -0.2) is 14.5 Å². The highest BCUT2D eigenvalue weighted by atomic mass is 16.6. The standard InChI is InChI=1S/C50H31N3O2/c1-3-11-34(12-4-1)42-31-43(52-50(51-42)36-13-5-2-6-14-36)35-21-19-32(20-22-35)33-23-25-39(26-24-33)53-44-18-10-9-17-40(44)41-27-28-45-49(48(41)53)55-47-30-38-16-8-7-15-37(38)29-46(47)54-45/h1-31H. The first-order valence-electron chi connectivity index (χ1n) is 18.4. The molecule has 0 radical (unpaired) electrons. The number of aromatic nitrogens is 3. The summed E-state index contributed by atoms with van der Waals surface area (Å²) in [6.07, 6.45) is 0. The van der Waals surface area contributed by atoms with Crippen LogP contribution in [0.15, 0.2) is 188 Å². The number of hydrogen-bond donors (Lipinski definition) is 0. The summed E-state index contributed by atoms with van der Waals surface area (Å²) in [5.74, 6) is 3.55. The van der Waals surface area contributed by atoms with Crippen molar-refractivity contribution in [3.05, 3.63) is 188 Å². The number of fused-ring (bicyclic) bond motifs is 7. The van der Waals surface area contributed by atoms with E-state index >= 15 is 0 Å². The molecule has 8 aromatic carbocycles. The molecule has 0 unspecified atom stereocenters. The summed E-state index contributed by atoms with van der Waals surface area (Å²) in [5.41, 5.74) is 10.2. The second kappa shape index (κ2) is 12.6. The first kappa shape index (κ1) is 31.1. The van der Waals surface area contributed by atoms with Crippen molar-refractivity contribution in [2.45, 2.75) is 0 Å². The normalized spacial score (nSPS) is 11.9. The molecule has 0 atom stereocenters. The van der Waals surface area contributed by atoms with E-state index in [-0.39, 0.29) is 0 Å². The van der Waals surface area contributed by atoms with Gasteiger partial charge in [0.2, 0.25) is 0 Å². The van der Waals surface area contributed by atoms with Crippen molar-refractivity contribution in [3.8, 4) is 73.7 Å². The van der Waals surface area contributed by atoms with Crippen LogP contribution in [0.2, 0.25) is 0 Å². The average Bonchev–Trinajstić information content (AvgIpc) is 3.60. The Morgan fingerprint density at radius 1 is 0.382 bits per heavy atom. The van der Waals surface area contributed by atoms with Crippen molar-refractivity contribution in [2.24, 2.45) is 0 Å². The van der Waals surface area contributed by atoms with Gasteiger partial charge in [-0.2, -0.15) is 0 Å². The van der Waals surface area contributed by atoms with Gasteiger partial charge in [-0.1, -0.05) is 140 Å². The molecule has 10 aromatic rings. The molecule has 0 N–H and O–H groups in total. The number of benzene rings is 8. The van der Waals surface area contributed by atoms with Crippen LogP contribution < -0.4 is 9.47 Å². The lowest BCUT2D eigenvalue weighted by molar-refractivity contribution is 0.363. The summed E-state index contributed by atoms with van der Waals surface area (Å²) in [7, 11) is 0. The number of rotatable bonds is 5. The minimum atomic E-state index is 0.700. The van der Waals surface area contributed by atoms with Gasteiger partial charge < -0.3 is 14.0 Å². The molecule has 0 saturated carbocycles. The van der Waals surface area contributed by atoms with Gasteiger partial charge in [0.05, 0.1) is 16.9 Å². The van der Waals surface area contributed by atoms with Crippen molar-refractivity contribution < 1.29 is 9.47 Å². The Morgan fingerprint density at radius 3 is 1.62 bits per heavy atom. The lowest BCUT2D eigenvalue weighted by atomic mass is 10.0. The van der Waals surface area contributed by atoms with E-state index in [2.05, 4.69) is 138 Å². The molecule has 0 bridgehead atoms. The van der Waals surface area contributed by atoms with Crippen molar-refractivity contribution in [1.82, 2.24) is 14.5 Å². The predicted octanol–water partition coefficient (Wildman–Crippen LogP) is 13.3. The van der Waals surface area contributed by atoms with E-state index in [0.717, 1.165) is 83.2 Å². The molecule has 55 heavy (non-hydrogen) atoms. The monoisotopic (exact) mass is 705 g/mol. The van der Waals surface area contributed by atoms with E-state index in [1.807, 2.05) is 54.6 Å². The second-order valence-electron chi connectivity index (χ2n) is 13.8. The minimum Gasteiger partial charge on any atom is -0.449 e. The first-order valence-corrected chi connectivity index (χ1v) is 18.4. The average molecular weight is 706 g/mol. The number of para-hydroxylation sites is 1. The highest BCUT2D eigenvalue weighted by Crippen LogP contribution is 2.51.